The van der Waals surface area contributed by atoms with Crippen molar-refractivity contribution in [3.63, 3.8) is 0 Å². The SMILES string of the molecule is CN=C(NCCOc1ccccc1C(C)(C)C)N1CCC2(CCOC2)C1.I. The van der Waals surface area contributed by atoms with Crippen LogP contribution in [0.15, 0.2) is 29.3 Å². The molecule has 2 heterocycles. The molecule has 0 saturated carbocycles. The predicted octanol–water partition coefficient (Wildman–Crippen LogP) is 3.67. The lowest BCUT2D eigenvalue weighted by molar-refractivity contribution is 0.156. The molecule has 152 valence electrons. The highest BCUT2D eigenvalue weighted by atomic mass is 127. The number of aliphatic imine (C=N–C) groups is 1. The van der Waals surface area contributed by atoms with Crippen molar-refractivity contribution in [2.24, 2.45) is 10.4 Å². The van der Waals surface area contributed by atoms with Gasteiger partial charge in [-0.15, -0.1) is 24.0 Å². The number of hydrogen-bond donors (Lipinski definition) is 1. The molecule has 1 aromatic rings. The van der Waals surface area contributed by atoms with Gasteiger partial charge in [-0.05, 0) is 29.9 Å². The van der Waals surface area contributed by atoms with Crippen LogP contribution in [0.4, 0.5) is 0 Å². The quantitative estimate of drug-likeness (QED) is 0.305. The van der Waals surface area contributed by atoms with E-state index in [9.17, 15) is 0 Å². The van der Waals surface area contributed by atoms with Gasteiger partial charge in [0.15, 0.2) is 5.96 Å². The van der Waals surface area contributed by atoms with Crippen molar-refractivity contribution >= 4 is 29.9 Å². The van der Waals surface area contributed by atoms with E-state index in [1.54, 1.807) is 0 Å². The maximum atomic E-state index is 6.06. The second-order valence-electron chi connectivity index (χ2n) is 8.54. The molecule has 1 unspecified atom stereocenters. The number of ether oxygens (including phenoxy) is 2. The van der Waals surface area contributed by atoms with Crippen LogP contribution in [-0.4, -0.2) is 57.4 Å². The Kier molecular flexibility index (Phi) is 7.80. The highest BCUT2D eigenvalue weighted by molar-refractivity contribution is 14.0. The van der Waals surface area contributed by atoms with Crippen LogP contribution in [0.5, 0.6) is 5.75 Å². The Labute approximate surface area is 180 Å². The summed E-state index contributed by atoms with van der Waals surface area (Å²) in [5.74, 6) is 1.95. The van der Waals surface area contributed by atoms with Crippen LogP contribution in [0.1, 0.15) is 39.2 Å². The molecule has 1 atom stereocenters. The van der Waals surface area contributed by atoms with Crippen molar-refractivity contribution in [1.82, 2.24) is 10.2 Å². The Morgan fingerprint density at radius 3 is 2.74 bits per heavy atom. The maximum Gasteiger partial charge on any atom is 0.193 e. The monoisotopic (exact) mass is 487 g/mol. The van der Waals surface area contributed by atoms with E-state index in [4.69, 9.17) is 9.47 Å². The molecule has 3 rings (SSSR count). The van der Waals surface area contributed by atoms with Gasteiger partial charge in [0, 0.05) is 32.2 Å². The lowest BCUT2D eigenvalue weighted by Crippen LogP contribution is -2.42. The number of benzene rings is 1. The molecule has 1 N–H and O–H groups in total. The molecule has 0 amide bonds. The van der Waals surface area contributed by atoms with Crippen molar-refractivity contribution in [2.45, 2.75) is 39.0 Å². The van der Waals surface area contributed by atoms with Gasteiger partial charge in [0.1, 0.15) is 12.4 Å². The normalized spacial score (nSPS) is 22.8. The predicted molar refractivity (Wildman–Crippen MR) is 121 cm³/mol. The Hall–Kier alpha value is -1.02. The Bertz CT molecular complexity index is 637. The first-order chi connectivity index (χ1) is 12.4. The van der Waals surface area contributed by atoms with Crippen molar-refractivity contribution in [2.75, 3.05) is 46.5 Å². The fourth-order valence-corrected chi connectivity index (χ4v) is 3.96. The highest BCUT2D eigenvalue weighted by Gasteiger charge is 2.42. The summed E-state index contributed by atoms with van der Waals surface area (Å²) < 4.78 is 11.7. The number of nitrogens with zero attached hydrogens (tertiary/aromatic N) is 2. The lowest BCUT2D eigenvalue weighted by Gasteiger charge is -2.25. The summed E-state index contributed by atoms with van der Waals surface area (Å²) in [4.78, 5) is 6.82. The van der Waals surface area contributed by atoms with Gasteiger partial charge in [0.2, 0.25) is 0 Å². The van der Waals surface area contributed by atoms with Gasteiger partial charge < -0.3 is 19.7 Å². The molecule has 1 spiro atoms. The van der Waals surface area contributed by atoms with Crippen LogP contribution in [0.25, 0.3) is 0 Å². The van der Waals surface area contributed by atoms with Gasteiger partial charge in [-0.1, -0.05) is 39.0 Å². The molecular formula is C21H34IN3O2. The van der Waals surface area contributed by atoms with Crippen molar-refractivity contribution in [3.8, 4) is 5.75 Å². The minimum absolute atomic E-state index is 0. The molecule has 5 nitrogen and oxygen atoms in total. The van der Waals surface area contributed by atoms with E-state index in [2.05, 4.69) is 54.2 Å². The average Bonchev–Trinajstić information content (AvgIpc) is 3.25. The summed E-state index contributed by atoms with van der Waals surface area (Å²) in [6, 6.07) is 8.31. The van der Waals surface area contributed by atoms with Crippen LogP contribution >= 0.6 is 24.0 Å². The number of para-hydroxylation sites is 1. The largest absolute Gasteiger partial charge is 0.491 e. The van der Waals surface area contributed by atoms with E-state index in [1.807, 2.05) is 13.1 Å². The summed E-state index contributed by atoms with van der Waals surface area (Å²) in [6.07, 6.45) is 2.37. The summed E-state index contributed by atoms with van der Waals surface area (Å²) in [5.41, 5.74) is 1.67. The van der Waals surface area contributed by atoms with Crippen molar-refractivity contribution in [1.29, 1.82) is 0 Å². The van der Waals surface area contributed by atoms with E-state index in [-0.39, 0.29) is 29.4 Å². The molecule has 0 aromatic heterocycles. The standard InChI is InChI=1S/C21H33N3O2.HI/c1-20(2,3)17-7-5-6-8-18(17)26-14-11-23-19(22-4)24-12-9-21(15-24)10-13-25-16-21;/h5-8H,9-16H2,1-4H3,(H,22,23);1H. The molecule has 0 aliphatic carbocycles. The van der Waals surface area contributed by atoms with Gasteiger partial charge in [0.05, 0.1) is 13.2 Å². The first-order valence-electron chi connectivity index (χ1n) is 9.69. The number of rotatable bonds is 4. The smallest absolute Gasteiger partial charge is 0.193 e. The summed E-state index contributed by atoms with van der Waals surface area (Å²) in [5, 5.41) is 3.46. The zero-order chi connectivity index (χ0) is 18.6. The molecule has 1 aromatic carbocycles. The van der Waals surface area contributed by atoms with E-state index >= 15 is 0 Å². The Morgan fingerprint density at radius 1 is 1.30 bits per heavy atom. The molecule has 0 radical (unpaired) electrons. The molecule has 0 bridgehead atoms. The first-order valence-corrected chi connectivity index (χ1v) is 9.69. The average molecular weight is 487 g/mol. The third-order valence-electron chi connectivity index (χ3n) is 5.47. The van der Waals surface area contributed by atoms with Gasteiger partial charge in [-0.25, -0.2) is 0 Å². The topological polar surface area (TPSA) is 46.1 Å². The maximum absolute atomic E-state index is 6.06. The first kappa shape index (κ1) is 22.3. The number of likely N-dealkylation sites (tertiary alicyclic amines) is 1. The van der Waals surface area contributed by atoms with Crippen LogP contribution in [0, 0.1) is 5.41 Å². The van der Waals surface area contributed by atoms with Gasteiger partial charge in [-0.2, -0.15) is 0 Å². The molecule has 27 heavy (non-hydrogen) atoms. The van der Waals surface area contributed by atoms with E-state index in [1.165, 1.54) is 18.4 Å². The highest BCUT2D eigenvalue weighted by Crippen LogP contribution is 2.38. The van der Waals surface area contributed by atoms with Crippen molar-refractivity contribution < 1.29 is 9.47 Å². The number of halogens is 1. The van der Waals surface area contributed by atoms with E-state index < -0.39 is 0 Å². The van der Waals surface area contributed by atoms with Crippen LogP contribution in [0.2, 0.25) is 0 Å². The lowest BCUT2D eigenvalue weighted by atomic mass is 9.86. The van der Waals surface area contributed by atoms with Crippen molar-refractivity contribution in [3.05, 3.63) is 29.8 Å². The zero-order valence-corrected chi connectivity index (χ0v) is 19.4. The summed E-state index contributed by atoms with van der Waals surface area (Å²) >= 11 is 0. The molecule has 2 aliphatic rings. The molecule has 2 fully saturated rings. The number of hydrogen-bond acceptors (Lipinski definition) is 3. The second-order valence-corrected chi connectivity index (χ2v) is 8.54. The van der Waals surface area contributed by atoms with E-state index in [0.29, 0.717) is 12.0 Å². The zero-order valence-electron chi connectivity index (χ0n) is 17.1. The van der Waals surface area contributed by atoms with Gasteiger partial charge in [-0.3, -0.25) is 4.99 Å². The molecular weight excluding hydrogens is 453 g/mol. The third-order valence-corrected chi connectivity index (χ3v) is 5.47. The van der Waals surface area contributed by atoms with Gasteiger partial charge >= 0.3 is 0 Å². The Balaban J connectivity index is 0.00000261. The summed E-state index contributed by atoms with van der Waals surface area (Å²) in [6.45, 7) is 11.9. The second kappa shape index (κ2) is 9.45. The number of nitrogens with one attached hydrogen (secondary N) is 1. The molecule has 2 saturated heterocycles. The summed E-state index contributed by atoms with van der Waals surface area (Å²) in [7, 11) is 1.86. The minimum atomic E-state index is 0. The minimum Gasteiger partial charge on any atom is -0.491 e. The molecule has 6 heteroatoms. The number of guanidine groups is 1. The Morgan fingerprint density at radius 2 is 2.07 bits per heavy atom. The van der Waals surface area contributed by atoms with Crippen LogP contribution in [0.3, 0.4) is 0 Å². The van der Waals surface area contributed by atoms with Crippen LogP contribution in [-0.2, 0) is 10.2 Å². The van der Waals surface area contributed by atoms with Gasteiger partial charge in [0.25, 0.3) is 0 Å². The van der Waals surface area contributed by atoms with Crippen LogP contribution < -0.4 is 10.1 Å². The molecule has 2 aliphatic heterocycles. The fraction of sp³-hybridized carbons (Fsp3) is 0.667. The third kappa shape index (κ3) is 5.50. The van der Waals surface area contributed by atoms with E-state index in [0.717, 1.165) is 44.6 Å². The fourth-order valence-electron chi connectivity index (χ4n) is 3.96.